The molecule has 0 aliphatic heterocycles. The zero-order chi connectivity index (χ0) is 11.3. The molecule has 0 aliphatic rings. The van der Waals surface area contributed by atoms with Gasteiger partial charge in [-0.3, -0.25) is 4.98 Å². The number of hydrogen-bond donors (Lipinski definition) is 1. The maximum Gasteiger partial charge on any atom is 0.0931 e. The van der Waals surface area contributed by atoms with E-state index in [4.69, 9.17) is 0 Å². The lowest BCUT2D eigenvalue weighted by molar-refractivity contribution is 0.194. The Labute approximate surface area is 91.1 Å². The lowest BCUT2D eigenvalue weighted by Gasteiger charge is -2.21. The van der Waals surface area contributed by atoms with E-state index in [-0.39, 0.29) is 0 Å². The number of hydrogen-bond acceptors (Lipinski definition) is 3. The number of nitrogens with zero attached hydrogens (tertiary/aromatic N) is 2. The van der Waals surface area contributed by atoms with Crippen LogP contribution in [0.3, 0.4) is 0 Å². The SMILES string of the molecule is C=CCN(CC)c1ccc([C@H](C)O)nc1. The van der Waals surface area contributed by atoms with Crippen LogP contribution >= 0.6 is 0 Å². The highest BCUT2D eigenvalue weighted by Crippen LogP contribution is 2.15. The van der Waals surface area contributed by atoms with Gasteiger partial charge in [-0.25, -0.2) is 0 Å². The first-order valence-electron chi connectivity index (χ1n) is 5.19. The van der Waals surface area contributed by atoms with Crippen LogP contribution in [0.25, 0.3) is 0 Å². The molecular formula is C12H18N2O. The van der Waals surface area contributed by atoms with Crippen molar-refractivity contribution in [1.29, 1.82) is 0 Å². The van der Waals surface area contributed by atoms with Gasteiger partial charge in [-0.05, 0) is 26.0 Å². The highest BCUT2D eigenvalue weighted by molar-refractivity contribution is 5.45. The molecule has 1 atom stereocenters. The third-order valence-electron chi connectivity index (χ3n) is 2.30. The minimum atomic E-state index is -0.506. The molecule has 0 amide bonds. The van der Waals surface area contributed by atoms with Crippen molar-refractivity contribution in [2.24, 2.45) is 0 Å². The van der Waals surface area contributed by atoms with E-state index in [1.165, 1.54) is 0 Å². The van der Waals surface area contributed by atoms with Crippen molar-refractivity contribution in [3.8, 4) is 0 Å². The summed E-state index contributed by atoms with van der Waals surface area (Å²) in [5.41, 5.74) is 1.76. The molecule has 0 aliphatic carbocycles. The molecule has 0 fully saturated rings. The average molecular weight is 206 g/mol. The molecule has 0 spiro atoms. The second-order valence-corrected chi connectivity index (χ2v) is 3.44. The summed E-state index contributed by atoms with van der Waals surface area (Å²) in [5.74, 6) is 0. The van der Waals surface area contributed by atoms with Gasteiger partial charge in [0.15, 0.2) is 0 Å². The normalized spacial score (nSPS) is 12.2. The smallest absolute Gasteiger partial charge is 0.0931 e. The average Bonchev–Trinajstić information content (AvgIpc) is 2.26. The molecule has 0 saturated heterocycles. The molecule has 0 bridgehead atoms. The molecule has 3 nitrogen and oxygen atoms in total. The van der Waals surface area contributed by atoms with Crippen molar-refractivity contribution in [3.05, 3.63) is 36.7 Å². The predicted molar refractivity (Wildman–Crippen MR) is 63.0 cm³/mol. The highest BCUT2D eigenvalue weighted by Gasteiger charge is 2.05. The number of pyridine rings is 1. The number of aliphatic hydroxyl groups excluding tert-OH is 1. The van der Waals surface area contributed by atoms with E-state index in [0.717, 1.165) is 18.8 Å². The summed E-state index contributed by atoms with van der Waals surface area (Å²) in [4.78, 5) is 6.36. The molecule has 82 valence electrons. The van der Waals surface area contributed by atoms with Crippen LogP contribution in [0.15, 0.2) is 31.0 Å². The topological polar surface area (TPSA) is 36.4 Å². The third kappa shape index (κ3) is 3.06. The van der Waals surface area contributed by atoms with Gasteiger partial charge in [0.25, 0.3) is 0 Å². The van der Waals surface area contributed by atoms with Gasteiger partial charge in [0.2, 0.25) is 0 Å². The van der Waals surface area contributed by atoms with Crippen molar-refractivity contribution >= 4 is 5.69 Å². The molecule has 1 N–H and O–H groups in total. The van der Waals surface area contributed by atoms with Gasteiger partial charge in [-0.2, -0.15) is 0 Å². The number of rotatable bonds is 5. The highest BCUT2D eigenvalue weighted by atomic mass is 16.3. The van der Waals surface area contributed by atoms with Gasteiger partial charge >= 0.3 is 0 Å². The Hall–Kier alpha value is -1.35. The first-order valence-corrected chi connectivity index (χ1v) is 5.19. The quantitative estimate of drug-likeness (QED) is 0.750. The number of likely N-dealkylation sites (N-methyl/N-ethyl adjacent to an activating group) is 1. The van der Waals surface area contributed by atoms with Crippen LogP contribution in [0.1, 0.15) is 25.6 Å². The zero-order valence-electron chi connectivity index (χ0n) is 9.35. The lowest BCUT2D eigenvalue weighted by atomic mass is 10.2. The third-order valence-corrected chi connectivity index (χ3v) is 2.30. The van der Waals surface area contributed by atoms with Crippen LogP contribution < -0.4 is 4.90 Å². The summed E-state index contributed by atoms with van der Waals surface area (Å²) in [6.07, 6.45) is 3.15. The maximum atomic E-state index is 9.32. The summed E-state index contributed by atoms with van der Waals surface area (Å²) in [6, 6.07) is 3.83. The van der Waals surface area contributed by atoms with Crippen molar-refractivity contribution < 1.29 is 5.11 Å². The van der Waals surface area contributed by atoms with E-state index in [9.17, 15) is 5.11 Å². The molecule has 3 heteroatoms. The van der Waals surface area contributed by atoms with Crippen molar-refractivity contribution in [1.82, 2.24) is 4.98 Å². The predicted octanol–water partition coefficient (Wildman–Crippen LogP) is 2.15. The fraction of sp³-hybridized carbons (Fsp3) is 0.417. The monoisotopic (exact) mass is 206 g/mol. The van der Waals surface area contributed by atoms with Crippen molar-refractivity contribution in [2.75, 3.05) is 18.0 Å². The van der Waals surface area contributed by atoms with Gasteiger partial charge in [0.05, 0.1) is 23.7 Å². The Morgan fingerprint density at radius 1 is 1.60 bits per heavy atom. The molecule has 1 heterocycles. The molecule has 1 aromatic heterocycles. The van der Waals surface area contributed by atoms with Crippen LogP contribution in [0.4, 0.5) is 5.69 Å². The molecule has 1 rings (SSSR count). The zero-order valence-corrected chi connectivity index (χ0v) is 9.35. The van der Waals surface area contributed by atoms with E-state index in [0.29, 0.717) is 5.69 Å². The van der Waals surface area contributed by atoms with E-state index >= 15 is 0 Å². The second-order valence-electron chi connectivity index (χ2n) is 3.44. The van der Waals surface area contributed by atoms with E-state index in [1.807, 2.05) is 18.2 Å². The Morgan fingerprint density at radius 2 is 2.33 bits per heavy atom. The molecule has 0 radical (unpaired) electrons. The van der Waals surface area contributed by atoms with E-state index in [2.05, 4.69) is 23.4 Å². The van der Waals surface area contributed by atoms with E-state index < -0.39 is 6.10 Å². The van der Waals surface area contributed by atoms with Crippen LogP contribution in [0, 0.1) is 0 Å². The summed E-state index contributed by atoms with van der Waals surface area (Å²) in [6.45, 7) is 9.25. The number of anilines is 1. The van der Waals surface area contributed by atoms with Crippen LogP contribution in [-0.2, 0) is 0 Å². The standard InChI is InChI=1S/C12H18N2O/c1-4-8-14(5-2)11-6-7-12(10(3)15)13-9-11/h4,6-7,9-10,15H,1,5,8H2,2-3H3/t10-/m0/s1. The van der Waals surface area contributed by atoms with Crippen LogP contribution in [0.5, 0.6) is 0 Å². The first kappa shape index (κ1) is 11.7. The molecule has 0 unspecified atom stereocenters. The molecular weight excluding hydrogens is 188 g/mol. The van der Waals surface area contributed by atoms with Gasteiger partial charge in [0, 0.05) is 13.1 Å². The second kappa shape index (κ2) is 5.51. The Morgan fingerprint density at radius 3 is 2.73 bits per heavy atom. The molecule has 0 aromatic carbocycles. The maximum absolute atomic E-state index is 9.32. The minimum absolute atomic E-state index is 0.506. The molecule has 0 saturated carbocycles. The molecule has 15 heavy (non-hydrogen) atoms. The van der Waals surface area contributed by atoms with Crippen LogP contribution in [0.2, 0.25) is 0 Å². The van der Waals surface area contributed by atoms with Crippen molar-refractivity contribution in [3.63, 3.8) is 0 Å². The molecule has 1 aromatic rings. The number of aliphatic hydroxyl groups is 1. The number of aromatic nitrogens is 1. The van der Waals surface area contributed by atoms with Crippen molar-refractivity contribution in [2.45, 2.75) is 20.0 Å². The summed E-state index contributed by atoms with van der Waals surface area (Å²) < 4.78 is 0. The largest absolute Gasteiger partial charge is 0.387 e. The van der Waals surface area contributed by atoms with E-state index in [1.54, 1.807) is 13.1 Å². The first-order chi connectivity index (χ1) is 7.19. The van der Waals surface area contributed by atoms with Crippen LogP contribution in [-0.4, -0.2) is 23.2 Å². The van der Waals surface area contributed by atoms with Gasteiger partial charge in [-0.15, -0.1) is 6.58 Å². The summed E-state index contributed by atoms with van der Waals surface area (Å²) in [5, 5.41) is 9.32. The summed E-state index contributed by atoms with van der Waals surface area (Å²) >= 11 is 0. The fourth-order valence-corrected chi connectivity index (χ4v) is 1.40. The van der Waals surface area contributed by atoms with Gasteiger partial charge in [-0.1, -0.05) is 6.08 Å². The van der Waals surface area contributed by atoms with Gasteiger partial charge < -0.3 is 10.0 Å². The fourth-order valence-electron chi connectivity index (χ4n) is 1.40. The Balaban J connectivity index is 2.81. The summed E-state index contributed by atoms with van der Waals surface area (Å²) in [7, 11) is 0. The lowest BCUT2D eigenvalue weighted by Crippen LogP contribution is -2.22. The minimum Gasteiger partial charge on any atom is -0.387 e. The Kier molecular flexibility index (Phi) is 4.31. The van der Waals surface area contributed by atoms with Gasteiger partial charge in [0.1, 0.15) is 0 Å². The Bertz CT molecular complexity index is 306.